The van der Waals surface area contributed by atoms with Gasteiger partial charge in [-0.05, 0) is 43.1 Å². The quantitative estimate of drug-likeness (QED) is 0.266. The Bertz CT molecular complexity index is 1510. The first-order valence-corrected chi connectivity index (χ1v) is 17.6. The van der Waals surface area contributed by atoms with Crippen molar-refractivity contribution in [3.8, 4) is 5.75 Å². The minimum atomic E-state index is -1.61. The molecular formula is C37H51NO12. The zero-order chi connectivity index (χ0) is 36.0. The van der Waals surface area contributed by atoms with Crippen molar-refractivity contribution in [1.29, 1.82) is 0 Å². The third-order valence-corrected chi connectivity index (χ3v) is 13.7. The second kappa shape index (κ2) is 12.4. The molecular weight excluding hydrogens is 650 g/mol. The minimum Gasteiger partial charge on any atom is -0.497 e. The zero-order valence-electron chi connectivity index (χ0n) is 30.2. The van der Waals surface area contributed by atoms with Gasteiger partial charge in [0.25, 0.3) is 0 Å². The fourth-order valence-electron chi connectivity index (χ4n) is 12.7. The van der Waals surface area contributed by atoms with E-state index in [9.17, 15) is 19.5 Å². The first-order valence-electron chi connectivity index (χ1n) is 17.6. The van der Waals surface area contributed by atoms with Crippen LogP contribution in [0.5, 0.6) is 5.75 Å². The first kappa shape index (κ1) is 35.6. The van der Waals surface area contributed by atoms with Crippen LogP contribution in [0.2, 0.25) is 0 Å². The van der Waals surface area contributed by atoms with Gasteiger partial charge in [-0.1, -0.05) is 6.92 Å². The molecule has 0 aromatic heterocycles. The molecule has 0 radical (unpaired) electrons. The van der Waals surface area contributed by atoms with Crippen LogP contribution < -0.4 is 4.74 Å². The molecule has 13 nitrogen and oxygen atoms in total. The number of ether oxygens (including phenoxy) is 8. The average Bonchev–Trinajstić information content (AvgIpc) is 3.46. The summed E-state index contributed by atoms with van der Waals surface area (Å²) in [5.41, 5.74) is -4.02. The van der Waals surface area contributed by atoms with E-state index >= 15 is 0 Å². The number of nitrogens with zero attached hydrogens (tertiary/aromatic N) is 1. The molecule has 6 fully saturated rings. The Labute approximate surface area is 293 Å². The van der Waals surface area contributed by atoms with Crippen LogP contribution in [0, 0.1) is 34.5 Å². The van der Waals surface area contributed by atoms with Gasteiger partial charge < -0.3 is 43.0 Å². The van der Waals surface area contributed by atoms with Gasteiger partial charge in [-0.25, -0.2) is 4.79 Å². The molecule has 1 N–H and O–H groups in total. The Balaban J connectivity index is 1.48. The molecule has 1 heterocycles. The minimum absolute atomic E-state index is 0.182. The number of likely N-dealkylation sites (tertiary alicyclic amines) is 1. The van der Waals surface area contributed by atoms with Gasteiger partial charge in [0.1, 0.15) is 29.2 Å². The molecule has 7 bridgehead atoms. The molecule has 13 heteroatoms. The number of hydrogen-bond acceptors (Lipinski definition) is 13. The Morgan fingerprint density at radius 3 is 2.14 bits per heavy atom. The fourth-order valence-corrected chi connectivity index (χ4v) is 12.7. The highest BCUT2D eigenvalue weighted by atomic mass is 16.6. The van der Waals surface area contributed by atoms with Crippen molar-refractivity contribution in [3.63, 3.8) is 0 Å². The number of aliphatic hydroxyl groups is 1. The van der Waals surface area contributed by atoms with E-state index in [0.717, 1.165) is 0 Å². The molecule has 1 aliphatic heterocycles. The highest BCUT2D eigenvalue weighted by Gasteiger charge is 2.91. The van der Waals surface area contributed by atoms with Crippen LogP contribution in [0.1, 0.15) is 50.4 Å². The van der Waals surface area contributed by atoms with Gasteiger partial charge >= 0.3 is 17.9 Å². The molecule has 7 rings (SSSR count). The van der Waals surface area contributed by atoms with E-state index in [-0.39, 0.29) is 37.3 Å². The first-order chi connectivity index (χ1) is 23.9. The lowest BCUT2D eigenvalue weighted by atomic mass is 9.42. The maximum absolute atomic E-state index is 14.0. The molecule has 14 atom stereocenters. The average molecular weight is 702 g/mol. The van der Waals surface area contributed by atoms with Crippen molar-refractivity contribution < 1.29 is 57.4 Å². The van der Waals surface area contributed by atoms with Crippen LogP contribution >= 0.6 is 0 Å². The molecule has 0 unspecified atom stereocenters. The van der Waals surface area contributed by atoms with E-state index < -0.39 is 82.3 Å². The second-order valence-electron chi connectivity index (χ2n) is 15.3. The summed E-state index contributed by atoms with van der Waals surface area (Å²) in [6.45, 7) is 6.38. The smallest absolute Gasteiger partial charge is 0.338 e. The summed E-state index contributed by atoms with van der Waals surface area (Å²) >= 11 is 0. The SMILES string of the molecule is CCN1C[C@@]2(COC)[C@H]3[C@@H](OC)[C@H]4[C@@H]1[C@]3([C@@H](OC)C[C@H]2OC(C)=O)[C@@H]1C[C@]2(O)[C@@H](OC)C[C@@]4(OC(C)=O)[C@H]1[C@H]2OC(=O)c1ccc(OC)cc1. The Hall–Kier alpha value is -2.81. The van der Waals surface area contributed by atoms with Gasteiger partial charge in [0.15, 0.2) is 0 Å². The van der Waals surface area contributed by atoms with Gasteiger partial charge in [-0.2, -0.15) is 0 Å². The Morgan fingerprint density at radius 1 is 0.880 bits per heavy atom. The predicted octanol–water partition coefficient (Wildman–Crippen LogP) is 2.26. The van der Waals surface area contributed by atoms with E-state index in [2.05, 4.69) is 11.8 Å². The Morgan fingerprint density at radius 2 is 1.58 bits per heavy atom. The summed E-state index contributed by atoms with van der Waals surface area (Å²) in [7, 11) is 8.09. The largest absolute Gasteiger partial charge is 0.497 e. The molecule has 1 saturated heterocycles. The van der Waals surface area contributed by atoms with E-state index in [4.69, 9.17) is 37.9 Å². The third-order valence-electron chi connectivity index (χ3n) is 13.7. The standard InChI is InChI=1S/C37H51NO12/c1-9-38-17-34(18-43-4)24(48-19(2)39)14-25(45-6)37-23-15-35(42)26(46-7)16-36(50-20(3)40,28(31(37)38)29(47-8)30(34)37)27(23)32(35)49-33(41)21-10-12-22(44-5)13-11-21/h10-13,23-32,42H,9,14-18H2,1-8H3/t23-,24-,25+,26+,27-,28+,29+,30-,31-,32-,34+,35+,36-,37+/m1/s1. The molecule has 1 aromatic rings. The van der Waals surface area contributed by atoms with Crippen LogP contribution in [-0.2, 0) is 42.7 Å². The number of rotatable bonds is 11. The molecule has 1 aromatic carbocycles. The van der Waals surface area contributed by atoms with E-state index in [1.54, 1.807) is 52.7 Å². The van der Waals surface area contributed by atoms with E-state index in [1.165, 1.54) is 21.0 Å². The van der Waals surface area contributed by atoms with Crippen LogP contribution in [0.4, 0.5) is 0 Å². The lowest BCUT2D eigenvalue weighted by Crippen LogP contribution is -2.79. The summed E-state index contributed by atoms with van der Waals surface area (Å²) in [6, 6.07) is 6.38. The normalized spacial score (nSPS) is 45.1. The topological polar surface area (TPSA) is 149 Å². The number of hydrogen-bond donors (Lipinski definition) is 1. The summed E-state index contributed by atoms with van der Waals surface area (Å²) in [4.78, 5) is 42.5. The number of carbonyl (C=O) groups excluding carboxylic acids is 3. The van der Waals surface area contributed by atoms with Crippen molar-refractivity contribution in [2.75, 3.05) is 55.2 Å². The molecule has 6 aliphatic rings. The van der Waals surface area contributed by atoms with Gasteiger partial charge in [0.05, 0.1) is 37.6 Å². The summed E-state index contributed by atoms with van der Waals surface area (Å²) in [5.74, 6) is -2.67. The van der Waals surface area contributed by atoms with Crippen molar-refractivity contribution in [3.05, 3.63) is 29.8 Å². The number of methoxy groups -OCH3 is 5. The maximum atomic E-state index is 14.0. The zero-order valence-corrected chi connectivity index (χ0v) is 30.2. The van der Waals surface area contributed by atoms with Gasteiger partial charge in [0, 0.05) is 96.3 Å². The molecule has 50 heavy (non-hydrogen) atoms. The lowest BCUT2D eigenvalue weighted by Gasteiger charge is -2.70. The number of piperidine rings is 1. The summed E-state index contributed by atoms with van der Waals surface area (Å²) < 4.78 is 49.8. The number of benzene rings is 1. The van der Waals surface area contributed by atoms with E-state index in [1.807, 2.05) is 0 Å². The van der Waals surface area contributed by atoms with Crippen LogP contribution in [-0.4, -0.2) is 131 Å². The number of esters is 3. The lowest BCUT2D eigenvalue weighted by molar-refractivity contribution is -0.301. The fraction of sp³-hybridized carbons (Fsp3) is 0.757. The number of fused-ring (bicyclic) bond motifs is 2. The number of carbonyl (C=O) groups is 3. The Kier molecular flexibility index (Phi) is 8.83. The van der Waals surface area contributed by atoms with Crippen LogP contribution in [0.3, 0.4) is 0 Å². The van der Waals surface area contributed by atoms with Crippen molar-refractivity contribution in [1.82, 2.24) is 4.90 Å². The van der Waals surface area contributed by atoms with Gasteiger partial charge in [-0.15, -0.1) is 0 Å². The molecule has 5 saturated carbocycles. The summed E-state index contributed by atoms with van der Waals surface area (Å²) in [6.07, 6.45) is -2.66. The predicted molar refractivity (Wildman–Crippen MR) is 175 cm³/mol. The van der Waals surface area contributed by atoms with Crippen molar-refractivity contribution in [2.24, 2.45) is 34.5 Å². The molecule has 0 amide bonds. The van der Waals surface area contributed by atoms with Gasteiger partial charge in [0.2, 0.25) is 0 Å². The van der Waals surface area contributed by atoms with Crippen molar-refractivity contribution in [2.45, 2.75) is 87.8 Å². The summed E-state index contributed by atoms with van der Waals surface area (Å²) in [5, 5.41) is 12.9. The van der Waals surface area contributed by atoms with Crippen molar-refractivity contribution >= 4 is 17.9 Å². The second-order valence-corrected chi connectivity index (χ2v) is 15.3. The molecule has 5 aliphatic carbocycles. The molecule has 1 spiro atoms. The van der Waals surface area contributed by atoms with E-state index in [0.29, 0.717) is 30.8 Å². The molecule has 276 valence electrons. The van der Waals surface area contributed by atoms with Gasteiger partial charge in [-0.3, -0.25) is 14.5 Å². The van der Waals surface area contributed by atoms with Crippen LogP contribution in [0.25, 0.3) is 0 Å². The maximum Gasteiger partial charge on any atom is 0.338 e. The highest BCUT2D eigenvalue weighted by Crippen LogP contribution is 2.81. The highest BCUT2D eigenvalue weighted by molar-refractivity contribution is 5.89. The third kappa shape index (κ3) is 4.43. The monoisotopic (exact) mass is 701 g/mol. The van der Waals surface area contributed by atoms with Crippen LogP contribution in [0.15, 0.2) is 24.3 Å².